The normalized spacial score (nSPS) is 19.6. The van der Waals surface area contributed by atoms with Crippen molar-refractivity contribution in [3.8, 4) is 0 Å². The molecule has 1 aliphatic heterocycles. The van der Waals surface area contributed by atoms with Crippen LogP contribution in [-0.4, -0.2) is 35.1 Å². The van der Waals surface area contributed by atoms with E-state index < -0.39 is 24.3 Å². The van der Waals surface area contributed by atoms with Crippen LogP contribution in [0.4, 0.5) is 0 Å². The lowest BCUT2D eigenvalue weighted by molar-refractivity contribution is -0.136. The fraction of sp³-hybridized carbons (Fsp3) is 0.471. The maximum absolute atomic E-state index is 10.9. The van der Waals surface area contributed by atoms with Crippen molar-refractivity contribution < 1.29 is 19.2 Å². The number of rotatable bonds is 5. The van der Waals surface area contributed by atoms with Crippen molar-refractivity contribution in [3.63, 3.8) is 0 Å². The summed E-state index contributed by atoms with van der Waals surface area (Å²) in [5.41, 5.74) is 1.45. The summed E-state index contributed by atoms with van der Waals surface area (Å²) in [7, 11) is -0.480. The first-order valence-electron chi connectivity index (χ1n) is 7.73. The second-order valence-corrected chi connectivity index (χ2v) is 7.61. The summed E-state index contributed by atoms with van der Waals surface area (Å²) in [6, 6.07) is 5.31. The number of aliphatic carboxylic acids is 1. The first-order chi connectivity index (χ1) is 11.1. The van der Waals surface area contributed by atoms with E-state index >= 15 is 0 Å². The minimum absolute atomic E-state index is 0.118. The van der Waals surface area contributed by atoms with E-state index in [2.05, 4.69) is 12.6 Å². The zero-order valence-electron chi connectivity index (χ0n) is 14.3. The van der Waals surface area contributed by atoms with Crippen LogP contribution >= 0.6 is 24.2 Å². The Morgan fingerprint density at radius 2 is 1.88 bits per heavy atom. The number of benzene rings is 1. The van der Waals surface area contributed by atoms with E-state index in [9.17, 15) is 4.79 Å². The number of thiol groups is 1. The Balaban J connectivity index is 2.30. The van der Waals surface area contributed by atoms with Gasteiger partial charge >= 0.3 is 13.1 Å². The Kier molecular flexibility index (Phi) is 5.75. The summed E-state index contributed by atoms with van der Waals surface area (Å²) >= 11 is 10.5. The largest absolute Gasteiger partial charge is 0.491 e. The van der Waals surface area contributed by atoms with Gasteiger partial charge in [0.2, 0.25) is 0 Å². The highest BCUT2D eigenvalue weighted by molar-refractivity contribution is 7.80. The predicted molar refractivity (Wildman–Crippen MR) is 101 cm³/mol. The fourth-order valence-corrected chi connectivity index (χ4v) is 2.80. The van der Waals surface area contributed by atoms with Gasteiger partial charge in [0.1, 0.15) is 0 Å². The van der Waals surface area contributed by atoms with E-state index in [0.29, 0.717) is 16.3 Å². The average molecular weight is 369 g/mol. The standard InChI is InChI=1S/C17H22BClO4S/c1-16(2)17(3,4)23-18(22-16)13(10-24)8-11-5-6-14(19)12(7-11)9-15(20)21/h5-8,24H,9-10H2,1-4H3,(H,20,21). The molecule has 0 amide bonds. The van der Waals surface area contributed by atoms with Crippen LogP contribution < -0.4 is 0 Å². The highest BCUT2D eigenvalue weighted by atomic mass is 35.5. The van der Waals surface area contributed by atoms with Gasteiger partial charge < -0.3 is 14.4 Å². The molecule has 0 atom stereocenters. The maximum atomic E-state index is 10.9. The Bertz CT molecular complexity index is 657. The van der Waals surface area contributed by atoms with Gasteiger partial charge in [-0.2, -0.15) is 12.6 Å². The van der Waals surface area contributed by atoms with Gasteiger partial charge in [0.05, 0.1) is 17.6 Å². The molecule has 1 aromatic rings. The molecule has 1 fully saturated rings. The minimum Gasteiger partial charge on any atom is -0.481 e. The SMILES string of the molecule is CC1(C)OB(C(=Cc2ccc(Cl)c(CC(=O)O)c2)CS)OC1(C)C. The fourth-order valence-electron chi connectivity index (χ4n) is 2.38. The Morgan fingerprint density at radius 3 is 2.38 bits per heavy atom. The van der Waals surface area contributed by atoms with Crippen LogP contribution in [0, 0.1) is 0 Å². The zero-order chi connectivity index (χ0) is 18.1. The Morgan fingerprint density at radius 1 is 1.29 bits per heavy atom. The van der Waals surface area contributed by atoms with Crippen molar-refractivity contribution in [1.29, 1.82) is 0 Å². The molecule has 1 N–H and O–H groups in total. The van der Waals surface area contributed by atoms with E-state index in [1.807, 2.05) is 39.8 Å². The van der Waals surface area contributed by atoms with Crippen molar-refractivity contribution in [3.05, 3.63) is 39.8 Å². The second kappa shape index (κ2) is 7.12. The topological polar surface area (TPSA) is 55.8 Å². The quantitative estimate of drug-likeness (QED) is 0.611. The molecule has 0 bridgehead atoms. The summed E-state index contributed by atoms with van der Waals surface area (Å²) in [5.74, 6) is -0.452. The number of hydrogen-bond donors (Lipinski definition) is 2. The number of hydrogen-bond acceptors (Lipinski definition) is 4. The smallest absolute Gasteiger partial charge is 0.481 e. The van der Waals surface area contributed by atoms with Crippen molar-refractivity contribution in [2.24, 2.45) is 0 Å². The summed E-state index contributed by atoms with van der Waals surface area (Å²) in [6.45, 7) is 7.99. The van der Waals surface area contributed by atoms with Crippen LogP contribution in [0.3, 0.4) is 0 Å². The van der Waals surface area contributed by atoms with Crippen LogP contribution in [0.1, 0.15) is 38.8 Å². The van der Waals surface area contributed by atoms with Crippen molar-refractivity contribution >= 4 is 43.4 Å². The van der Waals surface area contributed by atoms with Crippen molar-refractivity contribution in [2.75, 3.05) is 5.75 Å². The monoisotopic (exact) mass is 368 g/mol. The van der Waals surface area contributed by atoms with Crippen LogP contribution in [0.5, 0.6) is 0 Å². The summed E-state index contributed by atoms with van der Waals surface area (Å²) in [5, 5.41) is 9.41. The third-order valence-electron chi connectivity index (χ3n) is 4.50. The molecule has 0 spiro atoms. The van der Waals surface area contributed by atoms with Gasteiger partial charge in [0.25, 0.3) is 0 Å². The van der Waals surface area contributed by atoms with Crippen molar-refractivity contribution in [1.82, 2.24) is 0 Å². The van der Waals surface area contributed by atoms with Gasteiger partial charge in [0.15, 0.2) is 0 Å². The van der Waals surface area contributed by atoms with Gasteiger partial charge in [-0.05, 0) is 56.4 Å². The molecule has 1 aliphatic rings. The van der Waals surface area contributed by atoms with Crippen LogP contribution in [0.2, 0.25) is 5.02 Å². The first-order valence-corrected chi connectivity index (χ1v) is 8.74. The van der Waals surface area contributed by atoms with Gasteiger partial charge in [-0.25, -0.2) is 0 Å². The van der Waals surface area contributed by atoms with E-state index in [-0.39, 0.29) is 6.42 Å². The molecule has 24 heavy (non-hydrogen) atoms. The molecule has 4 nitrogen and oxygen atoms in total. The van der Waals surface area contributed by atoms with Crippen molar-refractivity contribution in [2.45, 2.75) is 45.3 Å². The van der Waals surface area contributed by atoms with Crippen LogP contribution in [-0.2, 0) is 20.5 Å². The average Bonchev–Trinajstić information content (AvgIpc) is 2.67. The molecule has 0 aromatic heterocycles. The van der Waals surface area contributed by atoms with E-state index in [4.69, 9.17) is 26.0 Å². The predicted octanol–water partition coefficient (Wildman–Crippen LogP) is 3.91. The highest BCUT2D eigenvalue weighted by Gasteiger charge is 2.52. The molecule has 0 unspecified atom stereocenters. The molecule has 7 heteroatoms. The number of carboxylic acids is 1. The third kappa shape index (κ3) is 4.17. The summed E-state index contributed by atoms with van der Waals surface area (Å²) < 4.78 is 12.1. The third-order valence-corrected chi connectivity index (χ3v) is 5.24. The Hall–Kier alpha value is -0.945. The molecule has 1 saturated heterocycles. The summed E-state index contributed by atoms with van der Waals surface area (Å²) in [4.78, 5) is 10.9. The molecule has 0 saturated carbocycles. The van der Waals surface area contributed by atoms with E-state index in [1.54, 1.807) is 12.1 Å². The van der Waals surface area contributed by atoms with Gasteiger partial charge in [0, 0.05) is 10.8 Å². The van der Waals surface area contributed by atoms with E-state index in [1.165, 1.54) is 0 Å². The Labute approximate surface area is 153 Å². The minimum atomic E-state index is -0.918. The maximum Gasteiger partial charge on any atom is 0.491 e. The zero-order valence-corrected chi connectivity index (χ0v) is 15.9. The molecule has 0 aliphatic carbocycles. The van der Waals surface area contributed by atoms with E-state index in [0.717, 1.165) is 11.0 Å². The molecular formula is C17H22BClO4S. The lowest BCUT2D eigenvalue weighted by Crippen LogP contribution is -2.41. The highest BCUT2D eigenvalue weighted by Crippen LogP contribution is 2.39. The first kappa shape index (κ1) is 19.4. The molecule has 0 radical (unpaired) electrons. The molecule has 2 rings (SSSR count). The molecule has 130 valence electrons. The number of carbonyl (C=O) groups is 1. The van der Waals surface area contributed by atoms with Crippen LogP contribution in [0.15, 0.2) is 23.7 Å². The number of carboxylic acid groups (broad SMARTS) is 1. The summed E-state index contributed by atoms with van der Waals surface area (Å²) in [6.07, 6.45) is 1.80. The lowest BCUT2D eigenvalue weighted by Gasteiger charge is -2.32. The second-order valence-electron chi connectivity index (χ2n) is 6.89. The van der Waals surface area contributed by atoms with Crippen LogP contribution in [0.25, 0.3) is 6.08 Å². The number of halogens is 1. The molecule has 1 heterocycles. The van der Waals surface area contributed by atoms with Gasteiger partial charge in [-0.15, -0.1) is 0 Å². The molecular weight excluding hydrogens is 347 g/mol. The molecule has 1 aromatic carbocycles. The van der Waals surface area contributed by atoms with Gasteiger partial charge in [-0.3, -0.25) is 4.79 Å². The van der Waals surface area contributed by atoms with Gasteiger partial charge in [-0.1, -0.05) is 23.7 Å². The lowest BCUT2D eigenvalue weighted by atomic mass is 9.78.